The number of allylic oxidation sites excluding steroid dienone is 5. The van der Waals surface area contributed by atoms with Gasteiger partial charge in [0, 0.05) is 6.42 Å². The Labute approximate surface area is 183 Å². The fourth-order valence-corrected chi connectivity index (χ4v) is 3.26. The van der Waals surface area contributed by atoms with Crippen LogP contribution in [-0.4, -0.2) is 16.2 Å². The molecule has 1 rings (SSSR count). The number of aliphatic carboxylic acids is 1. The number of rotatable bonds is 18. The average molecular weight is 413 g/mol. The summed E-state index contributed by atoms with van der Waals surface area (Å²) in [5, 5.41) is 17.8. The van der Waals surface area contributed by atoms with Gasteiger partial charge in [-0.3, -0.25) is 4.79 Å². The second kappa shape index (κ2) is 18.7. The van der Waals surface area contributed by atoms with Gasteiger partial charge in [-0.15, -0.1) is 0 Å². The average Bonchev–Trinajstić information content (AvgIpc) is 2.73. The first-order chi connectivity index (χ1) is 14.7. The maximum Gasteiger partial charge on any atom is 0.303 e. The SMILES string of the molecule is O=C(O)CCCCCCC/C=C\C/C=C\CCCCCC/C=C\c1ccc(O)cc1. The monoisotopic (exact) mass is 412 g/mol. The number of carboxylic acid groups (broad SMARTS) is 1. The number of phenolic OH excluding ortho intramolecular Hbond substituents is 1. The fraction of sp³-hybridized carbons (Fsp3) is 0.519. The van der Waals surface area contributed by atoms with E-state index >= 15 is 0 Å². The molecule has 0 unspecified atom stereocenters. The highest BCUT2D eigenvalue weighted by atomic mass is 16.4. The third kappa shape index (κ3) is 16.6. The highest BCUT2D eigenvalue weighted by molar-refractivity contribution is 5.66. The largest absolute Gasteiger partial charge is 0.508 e. The molecule has 0 atom stereocenters. The van der Waals surface area contributed by atoms with Crippen LogP contribution in [0.5, 0.6) is 5.75 Å². The summed E-state index contributed by atoms with van der Waals surface area (Å²) in [5.74, 6) is -0.364. The summed E-state index contributed by atoms with van der Waals surface area (Å²) in [6, 6.07) is 7.30. The van der Waals surface area contributed by atoms with Crippen molar-refractivity contribution >= 4 is 12.0 Å². The lowest BCUT2D eigenvalue weighted by Gasteiger charge is -1.98. The van der Waals surface area contributed by atoms with Crippen molar-refractivity contribution in [2.75, 3.05) is 0 Å². The molecule has 1 aromatic rings. The van der Waals surface area contributed by atoms with Gasteiger partial charge in [-0.1, -0.05) is 80.7 Å². The minimum absolute atomic E-state index is 0.311. The van der Waals surface area contributed by atoms with Crippen LogP contribution >= 0.6 is 0 Å². The highest BCUT2D eigenvalue weighted by Crippen LogP contribution is 2.12. The molecule has 0 bridgehead atoms. The van der Waals surface area contributed by atoms with Crippen LogP contribution in [0.3, 0.4) is 0 Å². The first-order valence-corrected chi connectivity index (χ1v) is 11.7. The van der Waals surface area contributed by atoms with Crippen LogP contribution in [0.25, 0.3) is 6.08 Å². The van der Waals surface area contributed by atoms with Gasteiger partial charge in [0.1, 0.15) is 5.75 Å². The topological polar surface area (TPSA) is 57.5 Å². The molecule has 166 valence electrons. The quantitative estimate of drug-likeness (QED) is 0.189. The van der Waals surface area contributed by atoms with E-state index in [1.54, 1.807) is 12.1 Å². The Morgan fingerprint density at radius 1 is 0.667 bits per heavy atom. The van der Waals surface area contributed by atoms with E-state index in [4.69, 9.17) is 5.11 Å². The predicted octanol–water partition coefficient (Wildman–Crippen LogP) is 8.06. The lowest BCUT2D eigenvalue weighted by Crippen LogP contribution is -1.93. The highest BCUT2D eigenvalue weighted by Gasteiger charge is 1.95. The summed E-state index contributed by atoms with van der Waals surface area (Å²) in [6.07, 6.45) is 28.7. The molecular weight excluding hydrogens is 372 g/mol. The second-order valence-corrected chi connectivity index (χ2v) is 7.86. The lowest BCUT2D eigenvalue weighted by molar-refractivity contribution is -0.137. The summed E-state index contributed by atoms with van der Waals surface area (Å²) >= 11 is 0. The first-order valence-electron chi connectivity index (χ1n) is 11.7. The van der Waals surface area contributed by atoms with Gasteiger partial charge < -0.3 is 10.2 Å². The van der Waals surface area contributed by atoms with E-state index in [9.17, 15) is 9.90 Å². The third-order valence-corrected chi connectivity index (χ3v) is 5.06. The minimum atomic E-state index is -0.679. The van der Waals surface area contributed by atoms with Crippen molar-refractivity contribution in [3.8, 4) is 5.75 Å². The van der Waals surface area contributed by atoms with Gasteiger partial charge in [-0.25, -0.2) is 0 Å². The van der Waals surface area contributed by atoms with Crippen LogP contribution < -0.4 is 0 Å². The van der Waals surface area contributed by atoms with Gasteiger partial charge in [0.05, 0.1) is 0 Å². The van der Waals surface area contributed by atoms with Crippen molar-refractivity contribution in [3.05, 3.63) is 60.2 Å². The van der Waals surface area contributed by atoms with E-state index in [2.05, 4.69) is 36.5 Å². The molecule has 0 aliphatic carbocycles. The Balaban J connectivity index is 1.84. The van der Waals surface area contributed by atoms with E-state index in [-0.39, 0.29) is 0 Å². The molecule has 0 saturated heterocycles. The van der Waals surface area contributed by atoms with Crippen molar-refractivity contribution in [1.29, 1.82) is 0 Å². The van der Waals surface area contributed by atoms with Crippen LogP contribution in [0.2, 0.25) is 0 Å². The van der Waals surface area contributed by atoms with E-state index in [1.165, 1.54) is 44.9 Å². The molecule has 0 amide bonds. The van der Waals surface area contributed by atoms with Gasteiger partial charge in [-0.05, 0) is 69.1 Å². The van der Waals surface area contributed by atoms with Gasteiger partial charge in [0.25, 0.3) is 0 Å². The zero-order valence-corrected chi connectivity index (χ0v) is 18.5. The zero-order valence-electron chi connectivity index (χ0n) is 18.5. The van der Waals surface area contributed by atoms with Crippen LogP contribution in [0, 0.1) is 0 Å². The first kappa shape index (κ1) is 25.7. The maximum atomic E-state index is 10.4. The molecule has 30 heavy (non-hydrogen) atoms. The normalized spacial score (nSPS) is 11.9. The van der Waals surface area contributed by atoms with E-state index < -0.39 is 5.97 Å². The molecule has 0 aromatic heterocycles. The summed E-state index contributed by atoms with van der Waals surface area (Å²) in [4.78, 5) is 10.4. The number of carboxylic acids is 1. The maximum absolute atomic E-state index is 10.4. The Bertz CT molecular complexity index is 626. The lowest BCUT2D eigenvalue weighted by atomic mass is 10.1. The van der Waals surface area contributed by atoms with Crippen molar-refractivity contribution in [2.45, 2.75) is 89.9 Å². The molecular formula is C27H40O3. The number of benzene rings is 1. The Kier molecular flexibility index (Phi) is 16.1. The summed E-state index contributed by atoms with van der Waals surface area (Å²) in [5.41, 5.74) is 1.14. The van der Waals surface area contributed by atoms with Gasteiger partial charge in [-0.2, -0.15) is 0 Å². The summed E-state index contributed by atoms with van der Waals surface area (Å²) in [7, 11) is 0. The van der Waals surface area contributed by atoms with Gasteiger partial charge >= 0.3 is 5.97 Å². The van der Waals surface area contributed by atoms with Crippen LogP contribution in [-0.2, 0) is 4.79 Å². The van der Waals surface area contributed by atoms with E-state index in [0.717, 1.165) is 44.1 Å². The Morgan fingerprint density at radius 2 is 1.17 bits per heavy atom. The molecule has 3 nitrogen and oxygen atoms in total. The van der Waals surface area contributed by atoms with Crippen molar-refractivity contribution in [3.63, 3.8) is 0 Å². The zero-order chi connectivity index (χ0) is 21.7. The third-order valence-electron chi connectivity index (χ3n) is 5.06. The predicted molar refractivity (Wildman–Crippen MR) is 128 cm³/mol. The smallest absolute Gasteiger partial charge is 0.303 e. The number of hydrogen-bond donors (Lipinski definition) is 2. The molecule has 0 heterocycles. The van der Waals surface area contributed by atoms with Crippen molar-refractivity contribution < 1.29 is 15.0 Å². The standard InChI is InChI=1S/C27H40O3/c28-26-23-21-25(22-24-26)19-17-15-13-11-9-7-5-3-1-2-4-6-8-10-12-14-16-18-20-27(29)30/h1,3-4,6,17,19,21-24,28H,2,5,7-16,18,20H2,(H,29,30)/b3-1-,6-4-,19-17-. The molecule has 0 spiro atoms. The Morgan fingerprint density at radius 3 is 1.73 bits per heavy atom. The number of hydrogen-bond acceptors (Lipinski definition) is 2. The van der Waals surface area contributed by atoms with Crippen LogP contribution in [0.15, 0.2) is 54.6 Å². The molecule has 0 radical (unpaired) electrons. The van der Waals surface area contributed by atoms with Crippen LogP contribution in [0.1, 0.15) is 95.5 Å². The van der Waals surface area contributed by atoms with Gasteiger partial charge in [0.15, 0.2) is 0 Å². The van der Waals surface area contributed by atoms with Gasteiger partial charge in [0.2, 0.25) is 0 Å². The molecule has 1 aromatic carbocycles. The summed E-state index contributed by atoms with van der Waals surface area (Å²) < 4.78 is 0. The molecule has 0 saturated carbocycles. The second-order valence-electron chi connectivity index (χ2n) is 7.86. The van der Waals surface area contributed by atoms with Crippen molar-refractivity contribution in [2.24, 2.45) is 0 Å². The van der Waals surface area contributed by atoms with E-state index in [0.29, 0.717) is 12.2 Å². The molecule has 0 aliphatic heterocycles. The van der Waals surface area contributed by atoms with E-state index in [1.807, 2.05) is 12.1 Å². The minimum Gasteiger partial charge on any atom is -0.508 e. The molecule has 0 fully saturated rings. The number of phenols is 1. The number of aromatic hydroxyl groups is 1. The van der Waals surface area contributed by atoms with Crippen molar-refractivity contribution in [1.82, 2.24) is 0 Å². The number of carbonyl (C=O) groups is 1. The van der Waals surface area contributed by atoms with Crippen LogP contribution in [0.4, 0.5) is 0 Å². The number of unbranched alkanes of at least 4 members (excludes halogenated alkanes) is 10. The summed E-state index contributed by atoms with van der Waals surface area (Å²) in [6.45, 7) is 0. The Hall–Kier alpha value is -2.29. The molecule has 2 N–H and O–H groups in total. The molecule has 3 heteroatoms. The molecule has 0 aliphatic rings. The fourth-order valence-electron chi connectivity index (χ4n) is 3.26.